The average molecular weight is 769 g/mol. The zero-order chi connectivity index (χ0) is 38.5. The molecule has 0 spiro atoms. The maximum absolute atomic E-state index is 11.6. The lowest BCUT2D eigenvalue weighted by Crippen LogP contribution is -2.27. The molecule has 4 heterocycles. The van der Waals surface area contributed by atoms with Crippen LogP contribution in [0.4, 0.5) is 0 Å². The van der Waals surface area contributed by atoms with Crippen LogP contribution in [0.2, 0.25) is 0 Å². The van der Waals surface area contributed by atoms with Gasteiger partial charge in [0, 0.05) is 22.3 Å². The molecular weight excluding hydrogens is 729 g/mol. The van der Waals surface area contributed by atoms with Gasteiger partial charge in [0.15, 0.2) is 10.0 Å². The van der Waals surface area contributed by atoms with Crippen LogP contribution in [0.3, 0.4) is 0 Å². The molecule has 8 N–H and O–H groups in total. The van der Waals surface area contributed by atoms with E-state index in [-0.39, 0.29) is 23.2 Å². The van der Waals surface area contributed by atoms with E-state index < -0.39 is 34.2 Å². The number of amides is 2. The van der Waals surface area contributed by atoms with Gasteiger partial charge < -0.3 is 41.4 Å². The van der Waals surface area contributed by atoms with E-state index in [1.165, 1.54) is 0 Å². The molecule has 2 aromatic heterocycles. The number of hydrogen-bond acceptors (Lipinski definition) is 12. The van der Waals surface area contributed by atoms with Gasteiger partial charge in [-0.2, -0.15) is 0 Å². The maximum Gasteiger partial charge on any atom is 0.277 e. The number of carbonyl (C=O) groups is 2. The fourth-order valence-electron chi connectivity index (χ4n) is 6.90. The van der Waals surface area contributed by atoms with Crippen molar-refractivity contribution in [3.63, 3.8) is 0 Å². The summed E-state index contributed by atoms with van der Waals surface area (Å²) >= 11 is 2.15. The molecule has 54 heavy (non-hydrogen) atoms. The van der Waals surface area contributed by atoms with Crippen molar-refractivity contribution < 1.29 is 39.5 Å². The predicted molar refractivity (Wildman–Crippen MR) is 203 cm³/mol. The van der Waals surface area contributed by atoms with Crippen LogP contribution in [0.1, 0.15) is 106 Å². The summed E-state index contributed by atoms with van der Waals surface area (Å²) in [5.74, 6) is 11.9. The summed E-state index contributed by atoms with van der Waals surface area (Å²) in [6, 6.07) is 10.8. The highest BCUT2D eigenvalue weighted by Crippen LogP contribution is 2.45. The first-order valence-corrected chi connectivity index (χ1v) is 19.3. The Hall–Kier alpha value is -4.80. The molecule has 2 atom stereocenters. The molecule has 4 aromatic rings. The highest BCUT2D eigenvalue weighted by Gasteiger charge is 2.38. The number of hydrogen-bond donors (Lipinski definition) is 6. The molecule has 2 saturated carbocycles. The normalized spacial score (nSPS) is 22.6. The van der Waals surface area contributed by atoms with Gasteiger partial charge in [-0.3, -0.25) is 9.59 Å². The fraction of sp³-hybridized carbons (Fsp3) is 0.400. The minimum Gasteiger partial charge on any atom is -0.489 e. The summed E-state index contributed by atoms with van der Waals surface area (Å²) in [4.78, 5) is 32.9. The Bertz CT molecular complexity index is 2110. The fourth-order valence-corrected chi connectivity index (χ4v) is 8.82. The summed E-state index contributed by atoms with van der Waals surface area (Å²) in [5, 5.41) is 42.7. The van der Waals surface area contributed by atoms with Gasteiger partial charge in [-0.05, 0) is 102 Å². The molecule has 12 nitrogen and oxygen atoms in total. The van der Waals surface area contributed by atoms with Crippen LogP contribution in [0.5, 0.6) is 11.5 Å². The summed E-state index contributed by atoms with van der Waals surface area (Å²) in [5.41, 5.74) is 10.0. The molecule has 0 bridgehead atoms. The second kappa shape index (κ2) is 14.1. The second-order valence-electron chi connectivity index (χ2n) is 14.6. The molecular formula is C40H40N4O8S2. The summed E-state index contributed by atoms with van der Waals surface area (Å²) in [6.07, 6.45) is 6.69. The zero-order valence-corrected chi connectivity index (χ0v) is 31.5. The van der Waals surface area contributed by atoms with E-state index >= 15 is 0 Å². The van der Waals surface area contributed by atoms with Gasteiger partial charge in [0.1, 0.15) is 47.1 Å². The zero-order valence-electron chi connectivity index (χ0n) is 29.8. The highest BCUT2D eigenvalue weighted by molar-refractivity contribution is 7.14. The van der Waals surface area contributed by atoms with Gasteiger partial charge in [0.2, 0.25) is 0 Å². The van der Waals surface area contributed by atoms with Crippen molar-refractivity contribution in [3.8, 4) is 57.7 Å². The van der Waals surface area contributed by atoms with E-state index in [2.05, 4.69) is 33.6 Å². The van der Waals surface area contributed by atoms with E-state index in [1.807, 2.05) is 24.3 Å². The van der Waals surface area contributed by atoms with Crippen molar-refractivity contribution in [1.29, 1.82) is 0 Å². The Morgan fingerprint density at radius 2 is 1.04 bits per heavy atom. The number of nitrogens with zero attached hydrogens (tertiary/aromatic N) is 2. The number of primary amides is 2. The number of aliphatic hydroxyl groups is 4. The third-order valence-corrected chi connectivity index (χ3v) is 12.5. The molecule has 2 amide bonds. The molecule has 2 aliphatic heterocycles. The minimum absolute atomic E-state index is 0.0399. The molecule has 4 aliphatic rings. The lowest BCUT2D eigenvalue weighted by atomic mass is 9.99. The lowest BCUT2D eigenvalue weighted by molar-refractivity contribution is 0.0129. The smallest absolute Gasteiger partial charge is 0.277 e. The van der Waals surface area contributed by atoms with E-state index in [9.17, 15) is 30.0 Å². The van der Waals surface area contributed by atoms with E-state index in [0.29, 0.717) is 80.6 Å². The van der Waals surface area contributed by atoms with Crippen molar-refractivity contribution in [1.82, 2.24) is 9.97 Å². The monoisotopic (exact) mass is 768 g/mol. The first kappa shape index (κ1) is 37.5. The topological polar surface area (TPSA) is 211 Å². The molecule has 2 aliphatic carbocycles. The number of carbonyl (C=O) groups excluding carboxylic acids is 2. The minimum atomic E-state index is -1.29. The van der Waals surface area contributed by atoms with Crippen molar-refractivity contribution in [2.45, 2.75) is 87.6 Å². The number of rotatable bonds is 2. The van der Waals surface area contributed by atoms with Gasteiger partial charge >= 0.3 is 0 Å². The van der Waals surface area contributed by atoms with E-state index in [0.717, 1.165) is 48.4 Å². The van der Waals surface area contributed by atoms with E-state index in [4.69, 9.17) is 20.9 Å². The third-order valence-electron chi connectivity index (χ3n) is 9.88. The molecule has 0 unspecified atom stereocenters. The molecule has 14 heteroatoms. The number of aromatic nitrogens is 2. The van der Waals surface area contributed by atoms with Gasteiger partial charge in [-0.25, -0.2) is 9.97 Å². The molecule has 8 rings (SSSR count). The van der Waals surface area contributed by atoms with Crippen molar-refractivity contribution in [2.24, 2.45) is 11.5 Å². The molecule has 280 valence electrons. The third kappa shape index (κ3) is 7.59. The largest absolute Gasteiger partial charge is 0.489 e. The van der Waals surface area contributed by atoms with Crippen molar-refractivity contribution >= 4 is 34.5 Å². The second-order valence-corrected chi connectivity index (χ2v) is 16.6. The Kier molecular flexibility index (Phi) is 9.81. The van der Waals surface area contributed by atoms with Crippen molar-refractivity contribution in [2.75, 3.05) is 13.2 Å². The Balaban J connectivity index is 0.000000167. The summed E-state index contributed by atoms with van der Waals surface area (Å²) < 4.78 is 11.5. The Morgan fingerprint density at radius 3 is 1.39 bits per heavy atom. The van der Waals surface area contributed by atoms with Crippen LogP contribution in [0, 0.1) is 23.7 Å². The van der Waals surface area contributed by atoms with Crippen LogP contribution in [-0.2, 0) is 11.2 Å². The number of nitrogens with two attached hydrogens (primary N) is 2. The molecule has 2 fully saturated rings. The number of benzene rings is 2. The molecule has 0 saturated heterocycles. The van der Waals surface area contributed by atoms with Crippen LogP contribution in [0.25, 0.3) is 22.5 Å². The first-order valence-electron chi connectivity index (χ1n) is 17.7. The van der Waals surface area contributed by atoms with Crippen LogP contribution in [0.15, 0.2) is 36.4 Å². The molecule has 2 aromatic carbocycles. The Labute approximate surface area is 320 Å². The summed E-state index contributed by atoms with van der Waals surface area (Å²) in [6.45, 7) is 3.32. The predicted octanol–water partition coefficient (Wildman–Crippen LogP) is 4.33. The van der Waals surface area contributed by atoms with Gasteiger partial charge in [0.25, 0.3) is 11.8 Å². The lowest BCUT2D eigenvalue weighted by Gasteiger charge is -2.19. The number of fused-ring (bicyclic) bond motifs is 6. The standard InChI is InChI=1S/2C20H20N2O4S/c2*1-19(24)11-26-14-5-4-12(6-9-20(25)7-2-3-8-20)10-13(14)15-16(19)27-18(22-15)17(21)23/h2*4-5,10,24-25H,2-3,7-8,11H2,1H3,(H2,21,23)/t2*19-/m10/s1. The SMILES string of the molecule is C[C@@]1(O)COc2ccc(C#CC3(O)CCCC3)cc2-c2nc(C(N)=O)sc21.C[C@]1(O)COc2ccc(C#CC3(O)CCCC3)cc2-c2nc(C(N)=O)sc21. The summed E-state index contributed by atoms with van der Waals surface area (Å²) in [7, 11) is 0. The number of thiazole rings is 2. The average Bonchev–Trinajstić information content (AvgIpc) is 3.94. The molecule has 0 radical (unpaired) electrons. The van der Waals surface area contributed by atoms with Crippen LogP contribution >= 0.6 is 22.7 Å². The van der Waals surface area contributed by atoms with Crippen LogP contribution < -0.4 is 20.9 Å². The van der Waals surface area contributed by atoms with E-state index in [1.54, 1.807) is 26.0 Å². The Morgan fingerprint density at radius 1 is 0.667 bits per heavy atom. The highest BCUT2D eigenvalue weighted by atomic mass is 32.1. The number of ether oxygens (including phenoxy) is 2. The van der Waals surface area contributed by atoms with Gasteiger partial charge in [0.05, 0.1) is 21.1 Å². The van der Waals surface area contributed by atoms with Gasteiger partial charge in [-0.1, -0.05) is 23.7 Å². The van der Waals surface area contributed by atoms with Crippen molar-refractivity contribution in [3.05, 3.63) is 67.3 Å². The van der Waals surface area contributed by atoms with Gasteiger partial charge in [-0.15, -0.1) is 22.7 Å². The quantitative estimate of drug-likeness (QED) is 0.159. The maximum atomic E-state index is 11.6. The first-order chi connectivity index (χ1) is 25.5. The van der Waals surface area contributed by atoms with Crippen LogP contribution in [-0.4, -0.2) is 66.6 Å².